The van der Waals surface area contributed by atoms with Gasteiger partial charge in [-0.05, 0) is 67.1 Å². The third kappa shape index (κ3) is 2.42. The Kier molecular flexibility index (Phi) is 3.90. The maximum atomic E-state index is 2.61. The number of hydrogen-bond acceptors (Lipinski definition) is 0. The smallest absolute Gasteiger partial charge is 0.0269 e. The van der Waals surface area contributed by atoms with Crippen molar-refractivity contribution in [1.29, 1.82) is 0 Å². The molecule has 0 radical (unpaired) electrons. The molecular weight excluding hydrogens is 204 g/mol. The number of hydrogen-bond donors (Lipinski definition) is 0. The van der Waals surface area contributed by atoms with Crippen LogP contribution < -0.4 is 0 Å². The molecule has 0 heterocycles. The highest BCUT2D eigenvalue weighted by Gasteiger charge is 2.47. The highest BCUT2D eigenvalue weighted by Crippen LogP contribution is 2.57. The minimum atomic E-state index is 0.666. The predicted molar refractivity (Wildman–Crippen MR) is 76.0 cm³/mol. The van der Waals surface area contributed by atoms with Crippen LogP contribution in [0, 0.1) is 35.0 Å². The van der Waals surface area contributed by atoms with Gasteiger partial charge in [-0.15, -0.1) is 0 Å². The first kappa shape index (κ1) is 13.4. The Morgan fingerprint density at radius 1 is 1.18 bits per heavy atom. The van der Waals surface area contributed by atoms with Gasteiger partial charge in [-0.2, -0.15) is 0 Å². The Labute approximate surface area is 109 Å². The lowest BCUT2D eigenvalue weighted by molar-refractivity contribution is -0.0422. The molecule has 2 saturated carbocycles. The predicted octanol–water partition coefficient (Wildman–Crippen LogP) is 5.52. The van der Waals surface area contributed by atoms with Gasteiger partial charge >= 0.3 is 0 Å². The third-order valence-corrected chi connectivity index (χ3v) is 6.54. The molecule has 0 aromatic heterocycles. The molecule has 0 N–H and O–H groups in total. The van der Waals surface area contributed by atoms with Crippen LogP contribution in [0.1, 0.15) is 73.1 Å². The summed E-state index contributed by atoms with van der Waals surface area (Å²) in [5.41, 5.74) is 0.666. The SMILES string of the molecule is CCC(C)C1CCC2CC(C)CC(C)C2(C)C1. The minimum Gasteiger partial charge on any atom is -0.0651 e. The molecule has 2 fully saturated rings. The Bertz CT molecular complexity index is 257. The first-order valence-corrected chi connectivity index (χ1v) is 7.97. The normalized spacial score (nSPS) is 48.5. The maximum absolute atomic E-state index is 2.61. The van der Waals surface area contributed by atoms with Gasteiger partial charge in [0.25, 0.3) is 0 Å². The van der Waals surface area contributed by atoms with Gasteiger partial charge in [-0.1, -0.05) is 41.0 Å². The van der Waals surface area contributed by atoms with E-state index in [1.54, 1.807) is 0 Å². The van der Waals surface area contributed by atoms with E-state index in [9.17, 15) is 0 Å². The summed E-state index contributed by atoms with van der Waals surface area (Å²) in [5.74, 6) is 4.91. The summed E-state index contributed by atoms with van der Waals surface area (Å²) >= 11 is 0. The molecule has 0 aliphatic heterocycles. The summed E-state index contributed by atoms with van der Waals surface area (Å²) < 4.78 is 0. The van der Waals surface area contributed by atoms with E-state index in [0.29, 0.717) is 5.41 Å². The van der Waals surface area contributed by atoms with E-state index in [-0.39, 0.29) is 0 Å². The molecule has 0 amide bonds. The largest absolute Gasteiger partial charge is 0.0651 e. The molecule has 2 aliphatic carbocycles. The average molecular weight is 236 g/mol. The fourth-order valence-corrected chi connectivity index (χ4v) is 4.84. The van der Waals surface area contributed by atoms with Crippen LogP contribution in [0.4, 0.5) is 0 Å². The highest BCUT2D eigenvalue weighted by molar-refractivity contribution is 4.97. The van der Waals surface area contributed by atoms with Crippen LogP contribution >= 0.6 is 0 Å². The van der Waals surface area contributed by atoms with Crippen LogP contribution in [0.15, 0.2) is 0 Å². The lowest BCUT2D eigenvalue weighted by Crippen LogP contribution is -2.45. The standard InChI is InChI=1S/C17H32/c1-6-13(3)15-7-8-16-10-12(2)9-14(4)17(16,5)11-15/h12-16H,6-11H2,1-5H3. The van der Waals surface area contributed by atoms with Crippen LogP contribution in [0.3, 0.4) is 0 Å². The Morgan fingerprint density at radius 3 is 2.53 bits per heavy atom. The first-order valence-electron chi connectivity index (χ1n) is 7.97. The van der Waals surface area contributed by atoms with Crippen LogP contribution in [-0.2, 0) is 0 Å². The van der Waals surface area contributed by atoms with Crippen molar-refractivity contribution in [3.8, 4) is 0 Å². The van der Waals surface area contributed by atoms with E-state index in [1.165, 1.54) is 38.5 Å². The van der Waals surface area contributed by atoms with E-state index in [1.807, 2.05) is 0 Å². The van der Waals surface area contributed by atoms with Crippen LogP contribution in [0.2, 0.25) is 0 Å². The maximum Gasteiger partial charge on any atom is -0.0269 e. The molecule has 6 unspecified atom stereocenters. The Balaban J connectivity index is 2.10. The second-order valence-corrected chi connectivity index (χ2v) is 7.61. The molecule has 0 aromatic carbocycles. The van der Waals surface area contributed by atoms with Crippen molar-refractivity contribution in [3.05, 3.63) is 0 Å². The van der Waals surface area contributed by atoms with Crippen molar-refractivity contribution < 1.29 is 0 Å². The van der Waals surface area contributed by atoms with Gasteiger partial charge in [0.2, 0.25) is 0 Å². The average Bonchev–Trinajstić information content (AvgIpc) is 2.29. The van der Waals surface area contributed by atoms with E-state index in [2.05, 4.69) is 34.6 Å². The fraction of sp³-hybridized carbons (Fsp3) is 1.00. The van der Waals surface area contributed by atoms with Gasteiger partial charge in [0.15, 0.2) is 0 Å². The molecule has 6 atom stereocenters. The van der Waals surface area contributed by atoms with Gasteiger partial charge in [-0.25, -0.2) is 0 Å². The summed E-state index contributed by atoms with van der Waals surface area (Å²) in [6.45, 7) is 12.5. The van der Waals surface area contributed by atoms with Gasteiger partial charge in [0, 0.05) is 0 Å². The quantitative estimate of drug-likeness (QED) is 0.592. The van der Waals surface area contributed by atoms with Crippen molar-refractivity contribution in [1.82, 2.24) is 0 Å². The lowest BCUT2D eigenvalue weighted by atomic mass is 9.51. The van der Waals surface area contributed by atoms with Crippen molar-refractivity contribution in [2.24, 2.45) is 35.0 Å². The Morgan fingerprint density at radius 2 is 1.88 bits per heavy atom. The van der Waals surface area contributed by atoms with Crippen LogP contribution in [-0.4, -0.2) is 0 Å². The minimum absolute atomic E-state index is 0.666. The second kappa shape index (κ2) is 4.94. The van der Waals surface area contributed by atoms with Crippen LogP contribution in [0.5, 0.6) is 0 Å². The Hall–Kier alpha value is 0. The van der Waals surface area contributed by atoms with Gasteiger partial charge in [-0.3, -0.25) is 0 Å². The molecule has 0 heteroatoms. The first-order chi connectivity index (χ1) is 7.97. The molecule has 0 saturated heterocycles. The molecule has 2 aliphatic rings. The molecule has 0 spiro atoms. The molecule has 0 aromatic rings. The second-order valence-electron chi connectivity index (χ2n) is 7.61. The topological polar surface area (TPSA) is 0 Å². The van der Waals surface area contributed by atoms with E-state index < -0.39 is 0 Å². The zero-order valence-corrected chi connectivity index (χ0v) is 12.6. The van der Waals surface area contributed by atoms with Crippen molar-refractivity contribution in [3.63, 3.8) is 0 Å². The molecule has 2 rings (SSSR count). The summed E-state index contributed by atoms with van der Waals surface area (Å²) in [6, 6.07) is 0. The molecule has 17 heavy (non-hydrogen) atoms. The van der Waals surface area contributed by atoms with Crippen molar-refractivity contribution in [2.45, 2.75) is 73.1 Å². The third-order valence-electron chi connectivity index (χ3n) is 6.54. The fourth-order valence-electron chi connectivity index (χ4n) is 4.84. The molecule has 0 bridgehead atoms. The zero-order valence-electron chi connectivity index (χ0n) is 12.6. The lowest BCUT2D eigenvalue weighted by Gasteiger charge is -2.54. The van der Waals surface area contributed by atoms with Gasteiger partial charge < -0.3 is 0 Å². The van der Waals surface area contributed by atoms with E-state index in [4.69, 9.17) is 0 Å². The van der Waals surface area contributed by atoms with E-state index >= 15 is 0 Å². The number of fused-ring (bicyclic) bond motifs is 1. The summed E-state index contributed by atoms with van der Waals surface area (Å²) in [7, 11) is 0. The van der Waals surface area contributed by atoms with Gasteiger partial charge in [0.1, 0.15) is 0 Å². The molecule has 100 valence electrons. The van der Waals surface area contributed by atoms with Crippen molar-refractivity contribution >= 4 is 0 Å². The monoisotopic (exact) mass is 236 g/mol. The number of rotatable bonds is 2. The summed E-state index contributed by atoms with van der Waals surface area (Å²) in [4.78, 5) is 0. The highest BCUT2D eigenvalue weighted by atomic mass is 14.5. The molecular formula is C17H32. The van der Waals surface area contributed by atoms with Crippen LogP contribution in [0.25, 0.3) is 0 Å². The van der Waals surface area contributed by atoms with E-state index in [0.717, 1.165) is 29.6 Å². The summed E-state index contributed by atoms with van der Waals surface area (Å²) in [6.07, 6.45) is 8.89. The van der Waals surface area contributed by atoms with Crippen molar-refractivity contribution in [2.75, 3.05) is 0 Å². The molecule has 0 nitrogen and oxygen atoms in total. The summed E-state index contributed by atoms with van der Waals surface area (Å²) in [5, 5.41) is 0. The van der Waals surface area contributed by atoms with Gasteiger partial charge in [0.05, 0.1) is 0 Å². The zero-order chi connectivity index (χ0) is 12.6.